The predicted octanol–water partition coefficient (Wildman–Crippen LogP) is 3.78. The topological polar surface area (TPSA) is 77.0 Å². The number of carbonyl (C=O) groups excluding carboxylic acids is 2. The molecule has 0 atom stereocenters. The van der Waals surface area contributed by atoms with Gasteiger partial charge in [0.1, 0.15) is 5.75 Å². The summed E-state index contributed by atoms with van der Waals surface area (Å²) in [6.07, 6.45) is -3.23. The number of hydrogen-bond donors (Lipinski definition) is 1. The number of rotatable bonds is 6. The molecule has 2 rings (SSSR count). The summed E-state index contributed by atoms with van der Waals surface area (Å²) >= 11 is 3.27. The molecule has 28 heavy (non-hydrogen) atoms. The van der Waals surface area contributed by atoms with Gasteiger partial charge in [-0.25, -0.2) is 10.2 Å². The Morgan fingerprint density at radius 3 is 2.61 bits per heavy atom. The molecule has 0 saturated carbocycles. The Balaban J connectivity index is 2.00. The van der Waals surface area contributed by atoms with E-state index in [-0.39, 0.29) is 12.2 Å². The first kappa shape index (κ1) is 21.4. The quantitative estimate of drug-likeness (QED) is 0.405. The van der Waals surface area contributed by atoms with Crippen molar-refractivity contribution in [1.82, 2.24) is 5.43 Å². The van der Waals surface area contributed by atoms with Gasteiger partial charge < -0.3 is 9.47 Å². The van der Waals surface area contributed by atoms with E-state index in [2.05, 4.69) is 31.2 Å². The van der Waals surface area contributed by atoms with Gasteiger partial charge in [-0.2, -0.15) is 18.3 Å². The Labute approximate surface area is 166 Å². The highest BCUT2D eigenvalue weighted by molar-refractivity contribution is 9.10. The van der Waals surface area contributed by atoms with Crippen LogP contribution in [0.2, 0.25) is 0 Å². The van der Waals surface area contributed by atoms with Crippen LogP contribution in [0, 0.1) is 0 Å². The van der Waals surface area contributed by atoms with E-state index in [1.54, 1.807) is 18.2 Å². The fraction of sp³-hybridized carbons (Fsp3) is 0.167. The maximum atomic E-state index is 12.7. The van der Waals surface area contributed by atoms with Crippen LogP contribution < -0.4 is 10.2 Å². The molecule has 1 N–H and O–H groups in total. The number of amides is 1. The molecule has 2 aromatic carbocycles. The molecule has 0 aromatic heterocycles. The summed E-state index contributed by atoms with van der Waals surface area (Å²) in [5.41, 5.74) is 1.65. The minimum absolute atomic E-state index is 0.167. The van der Waals surface area contributed by atoms with Gasteiger partial charge in [-0.05, 0) is 57.9 Å². The molecule has 0 heterocycles. The van der Waals surface area contributed by atoms with Gasteiger partial charge in [-0.15, -0.1) is 0 Å². The molecule has 0 bridgehead atoms. The van der Waals surface area contributed by atoms with Gasteiger partial charge in [0.05, 0.1) is 23.4 Å². The molecule has 0 saturated heterocycles. The summed E-state index contributed by atoms with van der Waals surface area (Å²) in [5.74, 6) is -0.912. The third kappa shape index (κ3) is 6.08. The maximum absolute atomic E-state index is 12.7. The van der Waals surface area contributed by atoms with Gasteiger partial charge >= 0.3 is 12.1 Å². The molecular formula is C18H14BrF3N2O4. The summed E-state index contributed by atoms with van der Waals surface area (Å²) in [5, 5.41) is 3.73. The van der Waals surface area contributed by atoms with Crippen molar-refractivity contribution in [3.05, 3.63) is 63.6 Å². The lowest BCUT2D eigenvalue weighted by molar-refractivity contribution is -0.143. The number of carbonyl (C=O) groups is 2. The predicted molar refractivity (Wildman–Crippen MR) is 98.2 cm³/mol. The second-order valence-corrected chi connectivity index (χ2v) is 6.19. The Morgan fingerprint density at radius 1 is 1.21 bits per heavy atom. The van der Waals surface area contributed by atoms with Crippen molar-refractivity contribution in [2.75, 3.05) is 13.7 Å². The Hall–Kier alpha value is -2.88. The number of nitrogens with zero attached hydrogens (tertiary/aromatic N) is 1. The Morgan fingerprint density at radius 2 is 1.96 bits per heavy atom. The van der Waals surface area contributed by atoms with E-state index in [0.29, 0.717) is 15.8 Å². The monoisotopic (exact) mass is 458 g/mol. The van der Waals surface area contributed by atoms with Crippen molar-refractivity contribution in [2.45, 2.75) is 6.18 Å². The molecule has 10 heteroatoms. The highest BCUT2D eigenvalue weighted by atomic mass is 79.9. The highest BCUT2D eigenvalue weighted by Gasteiger charge is 2.30. The smallest absolute Gasteiger partial charge is 0.416 e. The highest BCUT2D eigenvalue weighted by Crippen LogP contribution is 2.29. The van der Waals surface area contributed by atoms with Gasteiger partial charge in [0.2, 0.25) is 0 Å². The largest absolute Gasteiger partial charge is 0.481 e. The van der Waals surface area contributed by atoms with Crippen molar-refractivity contribution in [2.24, 2.45) is 5.10 Å². The van der Waals surface area contributed by atoms with Gasteiger partial charge in [-0.1, -0.05) is 6.07 Å². The van der Waals surface area contributed by atoms with Crippen LogP contribution in [0.1, 0.15) is 21.5 Å². The van der Waals surface area contributed by atoms with Gasteiger partial charge in [0, 0.05) is 5.56 Å². The zero-order chi connectivity index (χ0) is 20.7. The molecule has 2 aromatic rings. The molecule has 148 valence electrons. The second-order valence-electron chi connectivity index (χ2n) is 5.33. The second kappa shape index (κ2) is 9.36. The first-order chi connectivity index (χ1) is 13.2. The fourth-order valence-corrected chi connectivity index (χ4v) is 2.49. The summed E-state index contributed by atoms with van der Waals surface area (Å²) in [6, 6.07) is 8.82. The zero-order valence-electron chi connectivity index (χ0n) is 14.4. The van der Waals surface area contributed by atoms with Crippen LogP contribution in [0.25, 0.3) is 0 Å². The lowest BCUT2D eigenvalue weighted by Gasteiger charge is -2.08. The van der Waals surface area contributed by atoms with Crippen LogP contribution in [0.5, 0.6) is 5.75 Å². The third-order valence-corrected chi connectivity index (χ3v) is 3.98. The van der Waals surface area contributed by atoms with Crippen LogP contribution in [0.15, 0.2) is 52.0 Å². The van der Waals surface area contributed by atoms with Crippen molar-refractivity contribution in [3.8, 4) is 5.75 Å². The van der Waals surface area contributed by atoms with E-state index in [1.165, 1.54) is 19.4 Å². The van der Waals surface area contributed by atoms with Crippen molar-refractivity contribution in [1.29, 1.82) is 0 Å². The van der Waals surface area contributed by atoms with E-state index in [1.807, 2.05) is 0 Å². The number of hydrogen-bond acceptors (Lipinski definition) is 5. The van der Waals surface area contributed by atoms with E-state index in [9.17, 15) is 22.8 Å². The Bertz CT molecular complexity index is 901. The first-order valence-corrected chi connectivity index (χ1v) is 8.50. The Kier molecular flexibility index (Phi) is 7.16. The average Bonchev–Trinajstić information content (AvgIpc) is 2.66. The number of esters is 1. The molecule has 0 spiro atoms. The number of nitrogens with one attached hydrogen (secondary N) is 1. The van der Waals surface area contributed by atoms with Crippen LogP contribution in [-0.2, 0) is 15.7 Å². The number of halogens is 4. The van der Waals surface area contributed by atoms with Crippen molar-refractivity contribution in [3.63, 3.8) is 0 Å². The number of ether oxygens (including phenoxy) is 2. The van der Waals surface area contributed by atoms with Crippen LogP contribution >= 0.6 is 15.9 Å². The van der Waals surface area contributed by atoms with Gasteiger partial charge in [0.15, 0.2) is 6.61 Å². The molecule has 0 unspecified atom stereocenters. The van der Waals surface area contributed by atoms with Crippen LogP contribution in [-0.4, -0.2) is 31.8 Å². The molecular weight excluding hydrogens is 445 g/mol. The van der Waals surface area contributed by atoms with Crippen molar-refractivity contribution >= 4 is 34.0 Å². The van der Waals surface area contributed by atoms with Crippen LogP contribution in [0.3, 0.4) is 0 Å². The molecule has 6 nitrogen and oxygen atoms in total. The third-order valence-electron chi connectivity index (χ3n) is 3.36. The summed E-state index contributed by atoms with van der Waals surface area (Å²) in [6.45, 7) is -0.254. The molecule has 0 aliphatic heterocycles. The molecule has 0 radical (unpaired) electrons. The van der Waals surface area contributed by atoms with E-state index in [0.717, 1.165) is 18.2 Å². The number of hydrazone groups is 1. The normalized spacial score (nSPS) is 11.3. The van der Waals surface area contributed by atoms with E-state index >= 15 is 0 Å². The van der Waals surface area contributed by atoms with E-state index < -0.39 is 23.6 Å². The first-order valence-electron chi connectivity index (χ1n) is 7.70. The lowest BCUT2D eigenvalue weighted by Crippen LogP contribution is -2.18. The molecule has 0 fully saturated rings. The molecule has 0 aliphatic rings. The molecule has 0 aliphatic carbocycles. The summed E-state index contributed by atoms with van der Waals surface area (Å²) in [4.78, 5) is 23.0. The average molecular weight is 459 g/mol. The summed E-state index contributed by atoms with van der Waals surface area (Å²) < 4.78 is 48.3. The minimum Gasteiger partial charge on any atom is -0.481 e. The van der Waals surface area contributed by atoms with Crippen molar-refractivity contribution < 1.29 is 32.2 Å². The fourth-order valence-electron chi connectivity index (χ4n) is 1.98. The molecule has 1 amide bonds. The van der Waals surface area contributed by atoms with Gasteiger partial charge in [0.25, 0.3) is 5.91 Å². The number of benzene rings is 2. The number of methoxy groups -OCH3 is 1. The maximum Gasteiger partial charge on any atom is 0.416 e. The summed E-state index contributed by atoms with van der Waals surface area (Å²) in [7, 11) is 1.24. The number of alkyl halides is 3. The SMILES string of the molecule is COC(=O)COc1ccc(/C=N/NC(=O)c2cccc(C(F)(F)F)c2)cc1Br. The van der Waals surface area contributed by atoms with Crippen LogP contribution in [0.4, 0.5) is 13.2 Å². The lowest BCUT2D eigenvalue weighted by atomic mass is 10.1. The standard InChI is InChI=1S/C18H14BrF3N2O4/c1-27-16(25)10-28-15-6-5-11(7-14(15)19)9-23-24-17(26)12-3-2-4-13(8-12)18(20,21)22/h2-9H,10H2,1H3,(H,24,26)/b23-9+. The van der Waals surface area contributed by atoms with Gasteiger partial charge in [-0.3, -0.25) is 4.79 Å². The zero-order valence-corrected chi connectivity index (χ0v) is 16.0. The minimum atomic E-state index is -4.54. The van der Waals surface area contributed by atoms with E-state index in [4.69, 9.17) is 4.74 Å².